The van der Waals surface area contributed by atoms with Crippen molar-refractivity contribution in [3.05, 3.63) is 0 Å². The predicted molar refractivity (Wildman–Crippen MR) is 58.3 cm³/mol. The highest BCUT2D eigenvalue weighted by Gasteiger charge is 2.17. The quantitative estimate of drug-likeness (QED) is 0.454. The highest BCUT2D eigenvalue weighted by atomic mass is 35.5. The second-order valence-electron chi connectivity index (χ2n) is 4.24. The van der Waals surface area contributed by atoms with E-state index in [2.05, 4.69) is 6.92 Å². The number of carbonyl (C=O) groups is 1. The Morgan fingerprint density at radius 3 is 2.31 bits per heavy atom. The van der Waals surface area contributed by atoms with Crippen LogP contribution in [0.3, 0.4) is 0 Å². The fourth-order valence-electron chi connectivity index (χ4n) is 1.31. The first-order valence-corrected chi connectivity index (χ1v) is 5.54. The summed E-state index contributed by atoms with van der Waals surface area (Å²) < 4.78 is 0. The fraction of sp³-hybridized carbons (Fsp3) is 0.909. The molecule has 0 aromatic rings. The van der Waals surface area contributed by atoms with Gasteiger partial charge >= 0.3 is 0 Å². The molecule has 0 aliphatic heterocycles. The summed E-state index contributed by atoms with van der Waals surface area (Å²) in [5, 5.41) is 0. The van der Waals surface area contributed by atoms with Crippen molar-refractivity contribution in [3.63, 3.8) is 0 Å². The van der Waals surface area contributed by atoms with Gasteiger partial charge in [0, 0.05) is 17.7 Å². The van der Waals surface area contributed by atoms with E-state index in [-0.39, 0.29) is 4.87 Å². The lowest BCUT2D eigenvalue weighted by molar-refractivity contribution is -0.119. The van der Waals surface area contributed by atoms with Gasteiger partial charge in [0.1, 0.15) is 5.78 Å². The zero-order valence-corrected chi connectivity index (χ0v) is 9.78. The van der Waals surface area contributed by atoms with E-state index in [1.165, 1.54) is 19.3 Å². The molecule has 0 aliphatic rings. The molecule has 13 heavy (non-hydrogen) atoms. The van der Waals surface area contributed by atoms with Gasteiger partial charge in [-0.25, -0.2) is 0 Å². The van der Waals surface area contributed by atoms with Crippen molar-refractivity contribution in [3.8, 4) is 0 Å². The van der Waals surface area contributed by atoms with Crippen LogP contribution >= 0.6 is 11.6 Å². The van der Waals surface area contributed by atoms with Gasteiger partial charge in [-0.1, -0.05) is 26.2 Å². The average molecular weight is 205 g/mol. The van der Waals surface area contributed by atoms with Crippen LogP contribution in [-0.4, -0.2) is 10.7 Å². The Labute approximate surface area is 86.9 Å². The number of ketones is 1. The van der Waals surface area contributed by atoms with E-state index in [9.17, 15) is 4.79 Å². The highest BCUT2D eigenvalue weighted by molar-refractivity contribution is 6.24. The molecule has 1 nitrogen and oxygen atoms in total. The molecule has 0 saturated heterocycles. The summed E-state index contributed by atoms with van der Waals surface area (Å²) in [5.41, 5.74) is 0. The fourth-order valence-corrected chi connectivity index (χ4v) is 1.46. The number of hydrogen-bond acceptors (Lipinski definition) is 1. The molecule has 78 valence electrons. The van der Waals surface area contributed by atoms with Gasteiger partial charge in [0.25, 0.3) is 0 Å². The molecule has 0 fully saturated rings. The largest absolute Gasteiger partial charge is 0.300 e. The monoisotopic (exact) mass is 204 g/mol. The minimum Gasteiger partial charge on any atom is -0.300 e. The van der Waals surface area contributed by atoms with E-state index in [1.807, 2.05) is 13.8 Å². The van der Waals surface area contributed by atoms with Crippen molar-refractivity contribution < 1.29 is 4.79 Å². The van der Waals surface area contributed by atoms with Crippen LogP contribution in [0.5, 0.6) is 0 Å². The van der Waals surface area contributed by atoms with E-state index in [1.54, 1.807) is 0 Å². The molecule has 0 heterocycles. The third-order valence-corrected chi connectivity index (χ3v) is 2.06. The normalized spacial score (nSPS) is 11.7. The van der Waals surface area contributed by atoms with E-state index >= 15 is 0 Å². The van der Waals surface area contributed by atoms with Gasteiger partial charge in [-0.05, 0) is 20.3 Å². The standard InChI is InChI=1S/C11H21ClO/c1-4-5-6-7-8-10(13)9-11(2,3)12/h4-9H2,1-3H3. The van der Waals surface area contributed by atoms with E-state index < -0.39 is 0 Å². The second-order valence-corrected chi connectivity index (χ2v) is 5.27. The SMILES string of the molecule is CCCCCCC(=O)CC(C)(C)Cl. The van der Waals surface area contributed by atoms with Gasteiger partial charge in [-0.3, -0.25) is 4.79 Å². The summed E-state index contributed by atoms with van der Waals surface area (Å²) in [7, 11) is 0. The average Bonchev–Trinajstić information content (AvgIpc) is 1.94. The molecular formula is C11H21ClO. The zero-order chi connectivity index (χ0) is 10.3. The highest BCUT2D eigenvalue weighted by Crippen LogP contribution is 2.19. The molecule has 0 N–H and O–H groups in total. The molecule has 0 saturated carbocycles. The smallest absolute Gasteiger partial charge is 0.134 e. The second kappa shape index (κ2) is 6.42. The first kappa shape index (κ1) is 13.0. The molecular weight excluding hydrogens is 184 g/mol. The van der Waals surface area contributed by atoms with E-state index in [4.69, 9.17) is 11.6 Å². The van der Waals surface area contributed by atoms with Gasteiger partial charge in [0.15, 0.2) is 0 Å². The maximum absolute atomic E-state index is 11.3. The Bertz CT molecular complexity index is 147. The summed E-state index contributed by atoms with van der Waals surface area (Å²) in [5.74, 6) is 0.302. The Morgan fingerprint density at radius 2 is 1.85 bits per heavy atom. The van der Waals surface area contributed by atoms with Gasteiger partial charge in [0.2, 0.25) is 0 Å². The Kier molecular flexibility index (Phi) is 6.40. The maximum atomic E-state index is 11.3. The summed E-state index contributed by atoms with van der Waals surface area (Å²) in [6.45, 7) is 5.95. The zero-order valence-electron chi connectivity index (χ0n) is 9.03. The van der Waals surface area contributed by atoms with Crippen LogP contribution in [0.1, 0.15) is 59.3 Å². The number of Topliss-reactive ketones (excluding diaryl/α,β-unsaturated/α-hetero) is 1. The molecule has 0 atom stereocenters. The molecule has 0 spiro atoms. The summed E-state index contributed by atoms with van der Waals surface area (Å²) in [4.78, 5) is 11.0. The molecule has 0 aromatic carbocycles. The van der Waals surface area contributed by atoms with Crippen LogP contribution in [0.25, 0.3) is 0 Å². The lowest BCUT2D eigenvalue weighted by atomic mass is 10.0. The number of hydrogen-bond donors (Lipinski definition) is 0. The molecule has 0 unspecified atom stereocenters. The van der Waals surface area contributed by atoms with Crippen molar-refractivity contribution in [2.75, 3.05) is 0 Å². The van der Waals surface area contributed by atoms with Crippen molar-refractivity contribution in [2.24, 2.45) is 0 Å². The summed E-state index contributed by atoms with van der Waals surface area (Å²) in [6.07, 6.45) is 5.86. The molecule has 0 radical (unpaired) electrons. The first-order valence-electron chi connectivity index (χ1n) is 5.16. The van der Waals surface area contributed by atoms with Crippen LogP contribution in [0.15, 0.2) is 0 Å². The number of rotatable bonds is 7. The minimum absolute atomic E-state index is 0.302. The molecule has 0 aromatic heterocycles. The first-order chi connectivity index (χ1) is 5.95. The maximum Gasteiger partial charge on any atom is 0.134 e. The lowest BCUT2D eigenvalue weighted by Gasteiger charge is -2.13. The van der Waals surface area contributed by atoms with Crippen LogP contribution in [0, 0.1) is 0 Å². The van der Waals surface area contributed by atoms with E-state index in [0.717, 1.165) is 6.42 Å². The minimum atomic E-state index is -0.359. The van der Waals surface area contributed by atoms with Gasteiger partial charge in [-0.15, -0.1) is 11.6 Å². The Balaban J connectivity index is 3.41. The topological polar surface area (TPSA) is 17.1 Å². The molecule has 0 bridgehead atoms. The van der Waals surface area contributed by atoms with Crippen LogP contribution in [-0.2, 0) is 4.79 Å². The van der Waals surface area contributed by atoms with Crippen molar-refractivity contribution in [2.45, 2.75) is 64.2 Å². The van der Waals surface area contributed by atoms with Crippen LogP contribution in [0.2, 0.25) is 0 Å². The van der Waals surface area contributed by atoms with Crippen LogP contribution in [0.4, 0.5) is 0 Å². The molecule has 2 heteroatoms. The number of alkyl halides is 1. The Morgan fingerprint density at radius 1 is 1.23 bits per heavy atom. The third kappa shape index (κ3) is 9.88. The number of carbonyl (C=O) groups excluding carboxylic acids is 1. The van der Waals surface area contributed by atoms with Crippen molar-refractivity contribution in [1.29, 1.82) is 0 Å². The molecule has 0 amide bonds. The van der Waals surface area contributed by atoms with E-state index in [0.29, 0.717) is 18.6 Å². The van der Waals surface area contributed by atoms with Crippen molar-refractivity contribution in [1.82, 2.24) is 0 Å². The van der Waals surface area contributed by atoms with Gasteiger partial charge in [0.05, 0.1) is 0 Å². The number of unbranched alkanes of at least 4 members (excludes halogenated alkanes) is 3. The lowest BCUT2D eigenvalue weighted by Crippen LogP contribution is -2.16. The predicted octanol–water partition coefficient (Wildman–Crippen LogP) is 3.93. The molecule has 0 aliphatic carbocycles. The summed E-state index contributed by atoms with van der Waals surface area (Å²) >= 11 is 5.95. The van der Waals surface area contributed by atoms with Gasteiger partial charge in [-0.2, -0.15) is 0 Å². The van der Waals surface area contributed by atoms with Crippen molar-refractivity contribution >= 4 is 17.4 Å². The van der Waals surface area contributed by atoms with Gasteiger partial charge < -0.3 is 0 Å². The molecule has 0 rings (SSSR count). The Hall–Kier alpha value is -0.0400. The number of halogens is 1. The van der Waals surface area contributed by atoms with Crippen LogP contribution < -0.4 is 0 Å². The summed E-state index contributed by atoms with van der Waals surface area (Å²) in [6, 6.07) is 0. The third-order valence-electron chi connectivity index (χ3n) is 1.93.